The van der Waals surface area contributed by atoms with Crippen LogP contribution in [0.1, 0.15) is 150 Å². The third kappa shape index (κ3) is 11.8. The Morgan fingerprint density at radius 2 is 0.857 bits per heavy atom. The van der Waals surface area contributed by atoms with Crippen LogP contribution in [0.3, 0.4) is 0 Å². The highest BCUT2D eigenvalue weighted by Gasteiger charge is 2.58. The Labute approximate surface area is 368 Å². The molecule has 0 fully saturated rings. The monoisotopic (exact) mass is 870 g/mol. The maximum absolute atomic E-state index is 15.1. The van der Waals surface area contributed by atoms with Gasteiger partial charge in [-0.2, -0.15) is 26.3 Å². The third-order valence-electron chi connectivity index (χ3n) is 12.4. The molecule has 0 saturated heterocycles. The van der Waals surface area contributed by atoms with Gasteiger partial charge < -0.3 is 4.74 Å². The number of alkyl halides is 6. The van der Waals surface area contributed by atoms with Gasteiger partial charge in [0.15, 0.2) is 0 Å². The van der Waals surface area contributed by atoms with Crippen LogP contribution in [0.5, 0.6) is 0 Å². The zero-order valence-corrected chi connectivity index (χ0v) is 36.5. The molecule has 0 N–H and O–H groups in total. The summed E-state index contributed by atoms with van der Waals surface area (Å²) in [4.78, 5) is 17.1. The smallest absolute Gasteiger partial charge is 0.356 e. The lowest BCUT2D eigenvalue weighted by Crippen LogP contribution is -2.43. The van der Waals surface area contributed by atoms with Crippen LogP contribution in [0.15, 0.2) is 133 Å². The van der Waals surface area contributed by atoms with Gasteiger partial charge >= 0.3 is 12.4 Å². The average Bonchev–Trinajstić information content (AvgIpc) is 3.29. The minimum Gasteiger partial charge on any atom is -0.356 e. The van der Waals surface area contributed by atoms with Crippen molar-refractivity contribution in [2.24, 2.45) is 0 Å². The van der Waals surface area contributed by atoms with Crippen LogP contribution in [0.2, 0.25) is 0 Å². The van der Waals surface area contributed by atoms with Gasteiger partial charge in [-0.05, 0) is 71.9 Å². The van der Waals surface area contributed by atoms with Gasteiger partial charge in [0.25, 0.3) is 0 Å². The minimum atomic E-state index is -4.71. The molecule has 336 valence electrons. The van der Waals surface area contributed by atoms with Crippen molar-refractivity contribution in [3.05, 3.63) is 167 Å². The van der Waals surface area contributed by atoms with E-state index >= 15 is 26.3 Å². The van der Waals surface area contributed by atoms with Gasteiger partial charge in [-0.3, -0.25) is 0 Å². The van der Waals surface area contributed by atoms with Crippen molar-refractivity contribution in [2.75, 3.05) is 0 Å². The Balaban J connectivity index is 1.25. The van der Waals surface area contributed by atoms with Crippen LogP contribution >= 0.6 is 0 Å². The number of halogens is 6. The summed E-state index contributed by atoms with van der Waals surface area (Å²) in [5, 5.41) is 0. The van der Waals surface area contributed by atoms with E-state index < -0.39 is 48.2 Å². The van der Waals surface area contributed by atoms with E-state index in [-0.39, 0.29) is 11.6 Å². The lowest BCUT2D eigenvalue weighted by molar-refractivity contribution is -0.178. The van der Waals surface area contributed by atoms with Gasteiger partial charge in [0.05, 0.1) is 0 Å². The second-order valence-corrected chi connectivity index (χ2v) is 17.0. The quantitative estimate of drug-likeness (QED) is 0.0582. The van der Waals surface area contributed by atoms with E-state index in [0.717, 1.165) is 74.6 Å². The van der Waals surface area contributed by atoms with Gasteiger partial charge in [0, 0.05) is 24.8 Å². The lowest BCUT2D eigenvalue weighted by atomic mass is 9.76. The maximum Gasteiger partial charge on any atom is 0.405 e. The lowest BCUT2D eigenvalue weighted by Gasteiger charge is -2.36. The molecule has 2 heterocycles. The minimum absolute atomic E-state index is 0.324. The van der Waals surface area contributed by atoms with Crippen molar-refractivity contribution in [3.8, 4) is 0 Å². The van der Waals surface area contributed by atoms with Gasteiger partial charge in [0.2, 0.25) is 0 Å². The van der Waals surface area contributed by atoms with E-state index in [1.165, 1.54) is 74.8 Å². The molecule has 63 heavy (non-hydrogen) atoms. The predicted molar refractivity (Wildman–Crippen MR) is 237 cm³/mol. The number of hydrogen-bond donors (Lipinski definition) is 0. The molecule has 2 aromatic heterocycles. The molecule has 4 atom stereocenters. The molecule has 4 aromatic rings. The van der Waals surface area contributed by atoms with Gasteiger partial charge in [0.1, 0.15) is 34.7 Å². The van der Waals surface area contributed by atoms with Gasteiger partial charge in [-0.25, -0.2) is 19.9 Å². The number of unbranched alkanes of at least 4 members (excludes halogenated alkanes) is 10. The number of aryl methyl sites for hydroxylation is 2. The number of hydrogen-bond acceptors (Lipinski definition) is 5. The number of ether oxygens (including phenoxy) is 1. The van der Waals surface area contributed by atoms with Crippen LogP contribution in [0, 0.1) is 0 Å². The Bertz CT molecular complexity index is 1980. The van der Waals surface area contributed by atoms with Crippen molar-refractivity contribution in [1.82, 2.24) is 19.9 Å². The van der Waals surface area contributed by atoms with Crippen LogP contribution in [-0.4, -0.2) is 32.3 Å². The zero-order chi connectivity index (χ0) is 44.8. The Morgan fingerprint density at radius 1 is 0.508 bits per heavy atom. The Hall–Kier alpha value is -4.90. The predicted octanol–water partition coefficient (Wildman–Crippen LogP) is 14.6. The van der Waals surface area contributed by atoms with Crippen molar-refractivity contribution in [2.45, 2.75) is 152 Å². The maximum atomic E-state index is 15.1. The summed E-state index contributed by atoms with van der Waals surface area (Å²) in [6, 6.07) is 18.2. The normalized spacial score (nSPS) is 20.0. The van der Waals surface area contributed by atoms with E-state index in [0.29, 0.717) is 35.1 Å². The van der Waals surface area contributed by atoms with Crippen LogP contribution in [-0.2, 0) is 28.4 Å². The summed E-state index contributed by atoms with van der Waals surface area (Å²) in [7, 11) is 0. The van der Waals surface area contributed by atoms with Gasteiger partial charge in [-0.15, -0.1) is 0 Å². The summed E-state index contributed by atoms with van der Waals surface area (Å²) in [6.45, 7) is 4.33. The summed E-state index contributed by atoms with van der Waals surface area (Å²) in [5.74, 6) is -0.649. The van der Waals surface area contributed by atoms with Gasteiger partial charge in [-0.1, -0.05) is 175 Å². The highest BCUT2D eigenvalue weighted by Crippen LogP contribution is 2.50. The third-order valence-corrected chi connectivity index (χ3v) is 12.4. The average molecular weight is 871 g/mol. The molecule has 0 aliphatic heterocycles. The second-order valence-electron chi connectivity index (χ2n) is 17.0. The van der Waals surface area contributed by atoms with Crippen molar-refractivity contribution < 1.29 is 31.1 Å². The topological polar surface area (TPSA) is 60.8 Å². The number of nitrogens with zero attached hydrogens (tertiary/aromatic N) is 4. The molecule has 0 bridgehead atoms. The first kappa shape index (κ1) is 47.6. The van der Waals surface area contributed by atoms with E-state index in [4.69, 9.17) is 4.74 Å². The molecule has 0 saturated carbocycles. The van der Waals surface area contributed by atoms with Crippen molar-refractivity contribution in [3.63, 3.8) is 0 Å². The molecule has 4 unspecified atom stereocenters. The van der Waals surface area contributed by atoms with Crippen LogP contribution in [0.25, 0.3) is 0 Å². The summed E-state index contributed by atoms with van der Waals surface area (Å²) in [6.07, 6.45) is 16.7. The molecule has 2 aliphatic carbocycles. The first-order valence-electron chi connectivity index (χ1n) is 22.7. The first-order valence-corrected chi connectivity index (χ1v) is 22.7. The molecule has 2 aromatic carbocycles. The zero-order valence-electron chi connectivity index (χ0n) is 36.5. The van der Waals surface area contributed by atoms with E-state index in [9.17, 15) is 0 Å². The van der Waals surface area contributed by atoms with Crippen LogP contribution < -0.4 is 0 Å². The Kier molecular flexibility index (Phi) is 16.7. The molecule has 6 rings (SSSR count). The highest BCUT2D eigenvalue weighted by atomic mass is 19.4. The van der Waals surface area contributed by atoms with Crippen molar-refractivity contribution >= 4 is 0 Å². The fourth-order valence-corrected chi connectivity index (χ4v) is 8.44. The number of allylic oxidation sites excluding steroid dienone is 4. The first-order chi connectivity index (χ1) is 30.4. The van der Waals surface area contributed by atoms with Crippen LogP contribution in [0.4, 0.5) is 26.3 Å². The molecule has 0 amide bonds. The molecular formula is C52H60F6N4O. The number of rotatable bonds is 22. The molecule has 11 heteroatoms. The molecule has 5 nitrogen and oxygen atoms in total. The molecule has 2 aliphatic rings. The fraction of sp³-hybridized carbons (Fsp3) is 0.462. The number of benzene rings is 2. The summed E-state index contributed by atoms with van der Waals surface area (Å²) < 4.78 is 97.8. The van der Waals surface area contributed by atoms with E-state index in [1.54, 1.807) is 0 Å². The molecule has 0 spiro atoms. The van der Waals surface area contributed by atoms with E-state index in [2.05, 4.69) is 33.8 Å². The van der Waals surface area contributed by atoms with E-state index in [1.807, 2.05) is 60.7 Å². The largest absolute Gasteiger partial charge is 0.405 e. The highest BCUT2D eigenvalue weighted by molar-refractivity contribution is 5.44. The molecular weight excluding hydrogens is 811 g/mol. The molecule has 0 radical (unpaired) electrons. The fourth-order valence-electron chi connectivity index (χ4n) is 8.44. The summed E-state index contributed by atoms with van der Waals surface area (Å²) in [5.41, 5.74) is -1.03. The number of aromatic nitrogens is 4. The standard InChI is InChI=1S/C52H60F6N4O/c1-3-5-7-9-11-15-21-39-35-59-47(60-36-39)49(51(53,54)55)31-27-43(28-32-49)45(41-23-17-13-18-24-41)63-46(42-25-19-14-20-26-42)44-29-33-50(34-30-44,52(56,57)58)48-61-37-40(38-62-48)22-16-12-10-8-6-4-2/h13-14,17-20,23-31,33,35-38,45-46H,3-12,15-16,21-22,32,34H2,1-2H3. The SMILES string of the molecule is CCCCCCCCc1cnc(C2(C(F)(F)F)C=CC(C(OC(C3=CCC(c4ncc(CCCCCCCC)cn4)(C(F)(F)F)C=C3)c3ccccc3)c3ccccc3)=CC2)nc1. The Morgan fingerprint density at radius 3 is 1.17 bits per heavy atom. The summed E-state index contributed by atoms with van der Waals surface area (Å²) >= 11 is 0. The second kappa shape index (κ2) is 22.1. The van der Waals surface area contributed by atoms with Crippen molar-refractivity contribution in [1.29, 1.82) is 0 Å².